The van der Waals surface area contributed by atoms with Crippen molar-refractivity contribution in [3.05, 3.63) is 34.3 Å². The quantitative estimate of drug-likeness (QED) is 0.837. The standard InChI is InChI=1S/C18H26BrNO/c1-2-20-17(15-7-3-4-8-16(15)19)14-9-12-21-18(13-14)10-5-6-11-18/h3-4,7-8,14,17,20H,2,5-6,9-13H2,1H3. The summed E-state index contributed by atoms with van der Waals surface area (Å²) in [5.74, 6) is 0.676. The van der Waals surface area contributed by atoms with Gasteiger partial charge in [0.2, 0.25) is 0 Å². The van der Waals surface area contributed by atoms with Gasteiger partial charge in [-0.15, -0.1) is 0 Å². The highest BCUT2D eigenvalue weighted by atomic mass is 79.9. The molecule has 2 unspecified atom stereocenters. The molecule has 0 bridgehead atoms. The number of halogens is 1. The van der Waals surface area contributed by atoms with Crippen LogP contribution in [0.3, 0.4) is 0 Å². The Hall–Kier alpha value is -0.380. The van der Waals surface area contributed by atoms with Crippen molar-refractivity contribution < 1.29 is 4.74 Å². The lowest BCUT2D eigenvalue weighted by Gasteiger charge is -2.42. The van der Waals surface area contributed by atoms with E-state index >= 15 is 0 Å². The van der Waals surface area contributed by atoms with Crippen molar-refractivity contribution in [2.75, 3.05) is 13.2 Å². The molecule has 1 aliphatic carbocycles. The zero-order valence-corrected chi connectivity index (χ0v) is 14.5. The van der Waals surface area contributed by atoms with E-state index in [0.29, 0.717) is 12.0 Å². The fourth-order valence-corrected chi connectivity index (χ4v) is 4.73. The molecule has 0 radical (unpaired) electrons. The van der Waals surface area contributed by atoms with E-state index in [4.69, 9.17) is 4.74 Å². The van der Waals surface area contributed by atoms with Gasteiger partial charge in [-0.2, -0.15) is 0 Å². The first-order valence-electron chi connectivity index (χ1n) is 8.36. The molecule has 0 aromatic heterocycles. The van der Waals surface area contributed by atoms with Crippen LogP contribution in [-0.4, -0.2) is 18.8 Å². The van der Waals surface area contributed by atoms with Crippen molar-refractivity contribution in [2.45, 2.75) is 57.1 Å². The smallest absolute Gasteiger partial charge is 0.0686 e. The fourth-order valence-electron chi connectivity index (χ4n) is 4.20. The van der Waals surface area contributed by atoms with Crippen LogP contribution in [0.25, 0.3) is 0 Å². The topological polar surface area (TPSA) is 21.3 Å². The number of benzene rings is 1. The SMILES string of the molecule is CCNC(c1ccccc1Br)C1CCOC2(CCCC2)C1. The predicted molar refractivity (Wildman–Crippen MR) is 90.4 cm³/mol. The van der Waals surface area contributed by atoms with E-state index in [1.807, 2.05) is 0 Å². The van der Waals surface area contributed by atoms with Crippen molar-refractivity contribution in [1.82, 2.24) is 5.32 Å². The van der Waals surface area contributed by atoms with Gasteiger partial charge in [-0.3, -0.25) is 0 Å². The first kappa shape index (κ1) is 15.5. The Balaban J connectivity index is 1.82. The molecule has 0 amide bonds. The van der Waals surface area contributed by atoms with Crippen molar-refractivity contribution in [2.24, 2.45) is 5.92 Å². The van der Waals surface area contributed by atoms with E-state index in [1.165, 1.54) is 48.6 Å². The minimum absolute atomic E-state index is 0.192. The Bertz CT molecular complexity index is 470. The van der Waals surface area contributed by atoms with E-state index in [-0.39, 0.29) is 5.60 Å². The molecule has 2 aliphatic rings. The summed E-state index contributed by atoms with van der Waals surface area (Å²) in [6.45, 7) is 4.14. The van der Waals surface area contributed by atoms with Crippen LogP contribution in [0.5, 0.6) is 0 Å². The van der Waals surface area contributed by atoms with Crippen LogP contribution < -0.4 is 5.32 Å². The van der Waals surface area contributed by atoms with Gasteiger partial charge in [0, 0.05) is 17.1 Å². The molecular formula is C18H26BrNO. The molecule has 1 aliphatic heterocycles. The van der Waals surface area contributed by atoms with Gasteiger partial charge < -0.3 is 10.1 Å². The van der Waals surface area contributed by atoms with E-state index < -0.39 is 0 Å². The summed E-state index contributed by atoms with van der Waals surface area (Å²) in [4.78, 5) is 0. The molecule has 2 nitrogen and oxygen atoms in total. The second-order valence-electron chi connectivity index (χ2n) is 6.55. The maximum Gasteiger partial charge on any atom is 0.0686 e. The molecule has 116 valence electrons. The van der Waals surface area contributed by atoms with Crippen LogP contribution in [0.1, 0.15) is 57.1 Å². The average Bonchev–Trinajstić information content (AvgIpc) is 2.93. The normalized spacial score (nSPS) is 26.1. The highest BCUT2D eigenvalue weighted by Gasteiger charge is 2.42. The molecule has 3 rings (SSSR count). The van der Waals surface area contributed by atoms with Crippen LogP contribution in [0, 0.1) is 5.92 Å². The summed E-state index contributed by atoms with van der Waals surface area (Å²) < 4.78 is 7.44. The lowest BCUT2D eigenvalue weighted by molar-refractivity contribution is -0.0981. The molecule has 1 heterocycles. The van der Waals surface area contributed by atoms with Gasteiger partial charge in [0.25, 0.3) is 0 Å². The third-order valence-corrected chi connectivity index (χ3v) is 5.90. The summed E-state index contributed by atoms with van der Waals surface area (Å²) in [5, 5.41) is 3.73. The van der Waals surface area contributed by atoms with Gasteiger partial charge in [0.1, 0.15) is 0 Å². The number of nitrogens with one attached hydrogen (secondary N) is 1. The Kier molecular flexibility index (Phi) is 5.03. The number of rotatable bonds is 4. The summed E-state index contributed by atoms with van der Waals surface area (Å²) in [6, 6.07) is 9.10. The number of hydrogen-bond acceptors (Lipinski definition) is 2. The first-order chi connectivity index (χ1) is 10.2. The highest BCUT2D eigenvalue weighted by molar-refractivity contribution is 9.10. The summed E-state index contributed by atoms with van der Waals surface area (Å²) in [7, 11) is 0. The zero-order chi connectivity index (χ0) is 14.7. The van der Waals surface area contributed by atoms with Gasteiger partial charge in [-0.05, 0) is 49.8 Å². The highest BCUT2D eigenvalue weighted by Crippen LogP contribution is 2.46. The van der Waals surface area contributed by atoms with Crippen LogP contribution >= 0.6 is 15.9 Å². The van der Waals surface area contributed by atoms with Crippen molar-refractivity contribution >= 4 is 15.9 Å². The molecule has 1 spiro atoms. The maximum atomic E-state index is 6.21. The first-order valence-corrected chi connectivity index (χ1v) is 9.15. The number of hydrogen-bond donors (Lipinski definition) is 1. The van der Waals surface area contributed by atoms with Gasteiger partial charge in [0.15, 0.2) is 0 Å². The second-order valence-corrected chi connectivity index (χ2v) is 7.40. The Morgan fingerprint density at radius 2 is 2.10 bits per heavy atom. The molecule has 3 heteroatoms. The third-order valence-electron chi connectivity index (χ3n) is 5.18. The lowest BCUT2D eigenvalue weighted by atomic mass is 9.78. The summed E-state index contributed by atoms with van der Waals surface area (Å²) in [6.07, 6.45) is 7.59. The van der Waals surface area contributed by atoms with Crippen LogP contribution in [-0.2, 0) is 4.74 Å². The van der Waals surface area contributed by atoms with Crippen molar-refractivity contribution in [1.29, 1.82) is 0 Å². The van der Waals surface area contributed by atoms with Gasteiger partial charge >= 0.3 is 0 Å². The molecule has 2 atom stereocenters. The average molecular weight is 352 g/mol. The van der Waals surface area contributed by atoms with E-state index in [9.17, 15) is 0 Å². The fraction of sp³-hybridized carbons (Fsp3) is 0.667. The van der Waals surface area contributed by atoms with Gasteiger partial charge in [-0.25, -0.2) is 0 Å². The molecule has 1 saturated carbocycles. The molecule has 1 aromatic carbocycles. The molecule has 1 aromatic rings. The molecule has 1 N–H and O–H groups in total. The predicted octanol–water partition coefficient (Wildman–Crippen LogP) is 4.84. The largest absolute Gasteiger partial charge is 0.375 e. The van der Waals surface area contributed by atoms with Crippen molar-refractivity contribution in [3.8, 4) is 0 Å². The molecular weight excluding hydrogens is 326 g/mol. The summed E-state index contributed by atoms with van der Waals surface area (Å²) >= 11 is 3.74. The van der Waals surface area contributed by atoms with E-state index in [0.717, 1.165) is 13.2 Å². The number of ether oxygens (including phenoxy) is 1. The van der Waals surface area contributed by atoms with Crippen molar-refractivity contribution in [3.63, 3.8) is 0 Å². The minimum atomic E-state index is 0.192. The van der Waals surface area contributed by atoms with Crippen LogP contribution in [0.4, 0.5) is 0 Å². The molecule has 21 heavy (non-hydrogen) atoms. The maximum absolute atomic E-state index is 6.21. The summed E-state index contributed by atoms with van der Waals surface area (Å²) in [5.41, 5.74) is 1.59. The second kappa shape index (κ2) is 6.80. The lowest BCUT2D eigenvalue weighted by Crippen LogP contribution is -2.42. The Labute approximate surface area is 136 Å². The minimum Gasteiger partial charge on any atom is -0.375 e. The van der Waals surface area contributed by atoms with Crippen LogP contribution in [0.2, 0.25) is 0 Å². The third kappa shape index (κ3) is 3.35. The molecule has 2 fully saturated rings. The van der Waals surface area contributed by atoms with Crippen LogP contribution in [0.15, 0.2) is 28.7 Å². The van der Waals surface area contributed by atoms with E-state index in [1.54, 1.807) is 0 Å². The zero-order valence-electron chi connectivity index (χ0n) is 12.9. The Morgan fingerprint density at radius 1 is 1.33 bits per heavy atom. The van der Waals surface area contributed by atoms with E-state index in [2.05, 4.69) is 52.4 Å². The monoisotopic (exact) mass is 351 g/mol. The molecule has 1 saturated heterocycles. The van der Waals surface area contributed by atoms with Gasteiger partial charge in [-0.1, -0.05) is 53.9 Å². The Morgan fingerprint density at radius 3 is 2.81 bits per heavy atom. The van der Waals surface area contributed by atoms with Gasteiger partial charge in [0.05, 0.1) is 5.60 Å².